The molecule has 0 spiro atoms. The second-order valence-electron chi connectivity index (χ2n) is 6.69. The molecular weight excluding hydrogens is 300 g/mol. The van der Waals surface area contributed by atoms with Gasteiger partial charge in [0.25, 0.3) is 5.91 Å². The number of amides is 1. The first kappa shape index (κ1) is 18.8. The average Bonchev–Trinajstić information content (AvgIpc) is 2.60. The molecule has 1 atom stereocenters. The van der Waals surface area contributed by atoms with Crippen molar-refractivity contribution in [1.82, 2.24) is 10.2 Å². The zero-order chi connectivity index (χ0) is 17.2. The van der Waals surface area contributed by atoms with Crippen LogP contribution >= 0.6 is 0 Å². The van der Waals surface area contributed by atoms with Crippen molar-refractivity contribution >= 4 is 5.91 Å². The number of hydrogen-bond acceptors (Lipinski definition) is 3. The summed E-state index contributed by atoms with van der Waals surface area (Å²) in [5.41, 5.74) is 0.712. The van der Waals surface area contributed by atoms with E-state index in [0.29, 0.717) is 5.56 Å². The molecule has 0 aromatic heterocycles. The molecule has 2 rings (SSSR count). The molecule has 1 aromatic rings. The van der Waals surface area contributed by atoms with Gasteiger partial charge >= 0.3 is 0 Å². The predicted molar refractivity (Wildman–Crippen MR) is 98.7 cm³/mol. The highest BCUT2D eigenvalue weighted by atomic mass is 16.5. The Kier molecular flexibility index (Phi) is 8.10. The maximum Gasteiger partial charge on any atom is 0.251 e. The van der Waals surface area contributed by atoms with E-state index in [1.807, 2.05) is 24.3 Å². The third-order valence-corrected chi connectivity index (χ3v) is 4.51. The molecule has 1 heterocycles. The number of likely N-dealkylation sites (tertiary alicyclic amines) is 1. The van der Waals surface area contributed by atoms with Crippen LogP contribution in [0, 0.1) is 0 Å². The molecule has 1 N–H and O–H groups in total. The highest BCUT2D eigenvalue weighted by molar-refractivity contribution is 5.94. The molecule has 1 saturated heterocycles. The highest BCUT2D eigenvalue weighted by Crippen LogP contribution is 2.15. The number of carbonyl (C=O) groups excluding carboxylic acids is 1. The summed E-state index contributed by atoms with van der Waals surface area (Å²) in [4.78, 5) is 14.9. The number of benzene rings is 1. The Balaban J connectivity index is 1.79. The smallest absolute Gasteiger partial charge is 0.251 e. The fourth-order valence-corrected chi connectivity index (χ4v) is 3.21. The second kappa shape index (κ2) is 10.3. The third kappa shape index (κ3) is 6.16. The lowest BCUT2D eigenvalue weighted by Crippen LogP contribution is -2.47. The van der Waals surface area contributed by atoms with Crippen LogP contribution < -0.4 is 10.1 Å². The Morgan fingerprint density at radius 1 is 1.21 bits per heavy atom. The van der Waals surface area contributed by atoms with E-state index in [4.69, 9.17) is 4.74 Å². The molecule has 4 heteroatoms. The van der Waals surface area contributed by atoms with Crippen molar-refractivity contribution in [2.75, 3.05) is 26.2 Å². The van der Waals surface area contributed by atoms with Crippen LogP contribution in [0.5, 0.6) is 5.75 Å². The van der Waals surface area contributed by atoms with Gasteiger partial charge in [0.2, 0.25) is 0 Å². The van der Waals surface area contributed by atoms with Crippen LogP contribution in [-0.4, -0.2) is 43.1 Å². The van der Waals surface area contributed by atoms with Crippen LogP contribution in [0.3, 0.4) is 0 Å². The van der Waals surface area contributed by atoms with Gasteiger partial charge in [0.1, 0.15) is 5.75 Å². The van der Waals surface area contributed by atoms with Crippen LogP contribution in [-0.2, 0) is 0 Å². The molecule has 0 saturated carbocycles. The minimum absolute atomic E-state index is 0.0240. The van der Waals surface area contributed by atoms with Gasteiger partial charge in [-0.3, -0.25) is 4.79 Å². The highest BCUT2D eigenvalue weighted by Gasteiger charge is 2.21. The van der Waals surface area contributed by atoms with Crippen LogP contribution in [0.2, 0.25) is 0 Å². The number of nitrogens with one attached hydrogen (secondary N) is 1. The van der Waals surface area contributed by atoms with E-state index in [1.165, 1.54) is 19.3 Å². The first-order valence-electron chi connectivity index (χ1n) is 9.49. The third-order valence-electron chi connectivity index (χ3n) is 4.51. The van der Waals surface area contributed by atoms with Crippen molar-refractivity contribution in [3.05, 3.63) is 29.8 Å². The second-order valence-corrected chi connectivity index (χ2v) is 6.69. The minimum atomic E-state index is 0.0240. The monoisotopic (exact) mass is 332 g/mol. The first-order valence-corrected chi connectivity index (χ1v) is 9.49. The summed E-state index contributed by atoms with van der Waals surface area (Å²) in [6, 6.07) is 7.77. The van der Waals surface area contributed by atoms with Gasteiger partial charge in [-0.15, -0.1) is 0 Å². The summed E-state index contributed by atoms with van der Waals surface area (Å²) < 4.78 is 5.70. The molecule has 0 radical (unpaired) electrons. The van der Waals surface area contributed by atoms with Crippen molar-refractivity contribution in [2.24, 2.45) is 0 Å². The van der Waals surface area contributed by atoms with Crippen molar-refractivity contribution in [3.8, 4) is 5.75 Å². The van der Waals surface area contributed by atoms with Crippen molar-refractivity contribution in [2.45, 2.75) is 58.4 Å². The molecule has 134 valence electrons. The fraction of sp³-hybridized carbons (Fsp3) is 0.650. The van der Waals surface area contributed by atoms with E-state index in [9.17, 15) is 4.79 Å². The Hall–Kier alpha value is -1.55. The maximum absolute atomic E-state index is 12.4. The van der Waals surface area contributed by atoms with Gasteiger partial charge in [-0.2, -0.15) is 0 Å². The summed E-state index contributed by atoms with van der Waals surface area (Å²) in [7, 11) is 0. The van der Waals surface area contributed by atoms with Gasteiger partial charge in [-0.25, -0.2) is 0 Å². The Labute approximate surface area is 146 Å². The van der Waals surface area contributed by atoms with Crippen molar-refractivity contribution in [1.29, 1.82) is 0 Å². The van der Waals surface area contributed by atoms with Crippen molar-refractivity contribution < 1.29 is 9.53 Å². The number of rotatable bonds is 9. The minimum Gasteiger partial charge on any atom is -0.494 e. The van der Waals surface area contributed by atoms with E-state index in [2.05, 4.69) is 24.1 Å². The topological polar surface area (TPSA) is 41.6 Å². The Morgan fingerprint density at radius 2 is 2.00 bits per heavy atom. The molecule has 1 unspecified atom stereocenters. The molecule has 1 aromatic carbocycles. The molecule has 24 heavy (non-hydrogen) atoms. The van der Waals surface area contributed by atoms with E-state index in [1.54, 1.807) is 0 Å². The summed E-state index contributed by atoms with van der Waals surface area (Å²) in [6.07, 6.45) is 6.87. The van der Waals surface area contributed by atoms with Crippen LogP contribution in [0.25, 0.3) is 0 Å². The molecule has 4 nitrogen and oxygen atoms in total. The zero-order valence-electron chi connectivity index (χ0n) is 15.2. The average molecular weight is 332 g/mol. The lowest BCUT2D eigenvalue weighted by atomic mass is 10.0. The lowest BCUT2D eigenvalue weighted by molar-refractivity contribution is 0.0904. The summed E-state index contributed by atoms with van der Waals surface area (Å²) in [5, 5.41) is 3.18. The number of unbranched alkanes of at least 4 members (excludes halogenated alkanes) is 2. The Bertz CT molecular complexity index is 485. The van der Waals surface area contributed by atoms with Gasteiger partial charge < -0.3 is 15.0 Å². The van der Waals surface area contributed by atoms with E-state index >= 15 is 0 Å². The molecule has 0 aliphatic carbocycles. The number of ether oxygens (including phenoxy) is 1. The quantitative estimate of drug-likeness (QED) is 0.698. The summed E-state index contributed by atoms with van der Waals surface area (Å²) in [5.74, 6) is 0.866. The van der Waals surface area contributed by atoms with Gasteiger partial charge in [0.15, 0.2) is 0 Å². The van der Waals surface area contributed by atoms with E-state index in [-0.39, 0.29) is 11.9 Å². The van der Waals surface area contributed by atoms with Crippen LogP contribution in [0.15, 0.2) is 24.3 Å². The number of piperidine rings is 1. The standard InChI is InChI=1S/C20H32N2O2/c1-3-5-6-15-24-19-11-9-17(10-12-19)20(23)21-18-8-7-14-22(16-18)13-4-2/h9-12,18H,3-8,13-16H2,1-2H3,(H,21,23). The lowest BCUT2D eigenvalue weighted by Gasteiger charge is -2.32. The maximum atomic E-state index is 12.4. The summed E-state index contributed by atoms with van der Waals surface area (Å²) in [6.45, 7) is 8.38. The van der Waals surface area contributed by atoms with Crippen molar-refractivity contribution in [3.63, 3.8) is 0 Å². The van der Waals surface area contributed by atoms with Gasteiger partial charge in [0.05, 0.1) is 6.61 Å². The molecule has 1 aliphatic rings. The van der Waals surface area contributed by atoms with Crippen LogP contribution in [0.4, 0.5) is 0 Å². The number of hydrogen-bond donors (Lipinski definition) is 1. The fourth-order valence-electron chi connectivity index (χ4n) is 3.21. The first-order chi connectivity index (χ1) is 11.7. The van der Waals surface area contributed by atoms with Gasteiger partial charge in [-0.05, 0) is 63.0 Å². The normalized spacial score (nSPS) is 18.3. The predicted octanol–water partition coefficient (Wildman–Crippen LogP) is 3.86. The molecule has 1 amide bonds. The van der Waals surface area contributed by atoms with E-state index in [0.717, 1.165) is 51.3 Å². The molecule has 1 aliphatic heterocycles. The SMILES string of the molecule is CCCCCOc1ccc(C(=O)NC2CCCN(CCC)C2)cc1. The van der Waals surface area contributed by atoms with Gasteiger partial charge in [-0.1, -0.05) is 26.7 Å². The molecular formula is C20H32N2O2. The van der Waals surface area contributed by atoms with E-state index < -0.39 is 0 Å². The zero-order valence-corrected chi connectivity index (χ0v) is 15.2. The number of carbonyl (C=O) groups is 1. The largest absolute Gasteiger partial charge is 0.494 e. The molecule has 0 bridgehead atoms. The van der Waals surface area contributed by atoms with Crippen LogP contribution in [0.1, 0.15) is 62.7 Å². The van der Waals surface area contributed by atoms with Gasteiger partial charge in [0, 0.05) is 18.2 Å². The summed E-state index contributed by atoms with van der Waals surface area (Å²) >= 11 is 0. The molecule has 1 fully saturated rings. The Morgan fingerprint density at radius 3 is 2.71 bits per heavy atom. The number of nitrogens with zero attached hydrogens (tertiary/aromatic N) is 1.